The van der Waals surface area contributed by atoms with E-state index in [0.717, 1.165) is 44.1 Å². The van der Waals surface area contributed by atoms with Crippen LogP contribution in [0.2, 0.25) is 0 Å². The second-order valence-corrected chi connectivity index (χ2v) is 17.6. The Bertz CT molecular complexity index is 4490. The van der Waals surface area contributed by atoms with Crippen molar-refractivity contribution in [2.24, 2.45) is 0 Å². The Labute approximate surface area is 377 Å². The van der Waals surface area contributed by atoms with Gasteiger partial charge in [-0.2, -0.15) is 0 Å². The highest BCUT2D eigenvalue weighted by Crippen LogP contribution is 2.55. The van der Waals surface area contributed by atoms with Gasteiger partial charge in [0.25, 0.3) is 0 Å². The highest BCUT2D eigenvalue weighted by atomic mass is 14.7. The van der Waals surface area contributed by atoms with Crippen LogP contribution >= 0.6 is 0 Å². The molecule has 4 aromatic heterocycles. The summed E-state index contributed by atoms with van der Waals surface area (Å²) >= 11 is 0. The molecule has 0 unspecified atom stereocenters. The molecule has 0 radical (unpaired) electrons. The van der Waals surface area contributed by atoms with Crippen LogP contribution in [0.1, 0.15) is 0 Å². The van der Waals surface area contributed by atoms with Crippen LogP contribution in [0.25, 0.3) is 152 Å². The molecule has 0 spiro atoms. The minimum absolute atomic E-state index is 0.997. The number of pyridine rings is 4. The van der Waals surface area contributed by atoms with Crippen LogP contribution in [0.4, 0.5) is 0 Å². The molecule has 66 heavy (non-hydrogen) atoms. The summed E-state index contributed by atoms with van der Waals surface area (Å²) in [7, 11) is 0. The normalized spacial score (nSPS) is 12.2. The second kappa shape index (κ2) is 13.3. The van der Waals surface area contributed by atoms with E-state index in [9.17, 15) is 0 Å². The smallest absolute Gasteiger partial charge is 0.0780 e. The molecular formula is C62H34N4. The van der Waals surface area contributed by atoms with Gasteiger partial charge in [0, 0.05) is 81.3 Å². The Morgan fingerprint density at radius 3 is 1.21 bits per heavy atom. The molecule has 4 heterocycles. The van der Waals surface area contributed by atoms with Gasteiger partial charge in [0.15, 0.2) is 0 Å². The first-order chi connectivity index (χ1) is 32.8. The topological polar surface area (TPSA) is 51.6 Å². The predicted molar refractivity (Wildman–Crippen MR) is 277 cm³/mol. The van der Waals surface area contributed by atoms with Crippen molar-refractivity contribution in [1.29, 1.82) is 0 Å². The molecule has 0 aliphatic carbocycles. The van der Waals surface area contributed by atoms with Crippen LogP contribution in [-0.2, 0) is 0 Å². The highest BCUT2D eigenvalue weighted by Gasteiger charge is 2.28. The zero-order valence-corrected chi connectivity index (χ0v) is 35.4. The molecule has 0 aliphatic rings. The molecule has 0 N–H and O–H groups in total. The zero-order valence-electron chi connectivity index (χ0n) is 35.4. The van der Waals surface area contributed by atoms with Crippen LogP contribution < -0.4 is 0 Å². The van der Waals surface area contributed by atoms with Crippen molar-refractivity contribution in [1.82, 2.24) is 19.9 Å². The Balaban J connectivity index is 1.18. The first-order valence-corrected chi connectivity index (χ1v) is 22.5. The van der Waals surface area contributed by atoms with Crippen molar-refractivity contribution in [2.75, 3.05) is 0 Å². The number of nitrogens with zero attached hydrogens (tertiary/aromatic N) is 4. The van der Waals surface area contributed by atoms with E-state index in [0.29, 0.717) is 0 Å². The van der Waals surface area contributed by atoms with Gasteiger partial charge in [-0.1, -0.05) is 133 Å². The lowest BCUT2D eigenvalue weighted by Crippen LogP contribution is -1.92. The number of aromatic nitrogens is 4. The highest BCUT2D eigenvalue weighted by molar-refractivity contribution is 6.46. The fourth-order valence-corrected chi connectivity index (χ4v) is 11.8. The average molecular weight is 835 g/mol. The van der Waals surface area contributed by atoms with Crippen LogP contribution in [0.3, 0.4) is 0 Å². The number of hydrogen-bond acceptors (Lipinski definition) is 4. The van der Waals surface area contributed by atoms with E-state index in [2.05, 4.69) is 156 Å². The molecule has 15 aromatic rings. The number of benzene rings is 9. The predicted octanol–water partition coefficient (Wildman–Crippen LogP) is 16.3. The maximum Gasteiger partial charge on any atom is 0.0780 e. The van der Waals surface area contributed by atoms with Gasteiger partial charge < -0.3 is 0 Å². The summed E-state index contributed by atoms with van der Waals surface area (Å²) in [6, 6.07) is 62.5. The van der Waals surface area contributed by atoms with Crippen molar-refractivity contribution in [3.63, 3.8) is 0 Å². The number of hydrogen-bond donors (Lipinski definition) is 0. The van der Waals surface area contributed by atoms with Gasteiger partial charge in [0.1, 0.15) is 0 Å². The summed E-state index contributed by atoms with van der Waals surface area (Å²) in [6.45, 7) is 0. The summed E-state index contributed by atoms with van der Waals surface area (Å²) < 4.78 is 0. The Morgan fingerprint density at radius 1 is 0.258 bits per heavy atom. The van der Waals surface area contributed by atoms with Gasteiger partial charge in [0.05, 0.1) is 11.0 Å². The molecule has 4 heteroatoms. The molecule has 15 rings (SSSR count). The van der Waals surface area contributed by atoms with Gasteiger partial charge in [-0.3, -0.25) is 19.9 Å². The Kier molecular flexibility index (Phi) is 7.19. The number of rotatable bonds is 4. The molecule has 0 amide bonds. The van der Waals surface area contributed by atoms with E-state index in [1.165, 1.54) is 108 Å². The standard InChI is InChI=1S/C62H34N4/c1-2-18-42-41(17-1)57(47-23-3-11-35-13-9-29-65-61(35)47)59-46-22-6-20-44-49-31-51-53-43(50(49)32-52(54(44)46)60(59)58(42)48-24-4-12-36-14-10-30-66-62(36)48)19-5-21-45(53)55-39(37-15-7-27-63-33-37)25-26-40(56(51)55)38-16-8-28-64-34-38/h1-34H. The molecule has 0 saturated carbocycles. The molecular weight excluding hydrogens is 801 g/mol. The number of fused-ring (bicyclic) bond motifs is 12. The first-order valence-electron chi connectivity index (χ1n) is 22.5. The summed E-state index contributed by atoms with van der Waals surface area (Å²) in [5, 5.41) is 22.1. The molecule has 4 nitrogen and oxygen atoms in total. The third-order valence-corrected chi connectivity index (χ3v) is 14.4. The van der Waals surface area contributed by atoms with Crippen molar-refractivity contribution < 1.29 is 0 Å². The molecule has 0 saturated heterocycles. The third kappa shape index (κ3) is 4.72. The first kappa shape index (κ1) is 35.6. The largest absolute Gasteiger partial charge is 0.264 e. The van der Waals surface area contributed by atoms with Crippen molar-refractivity contribution >= 4 is 108 Å². The minimum Gasteiger partial charge on any atom is -0.264 e. The zero-order chi connectivity index (χ0) is 43.0. The van der Waals surface area contributed by atoms with E-state index in [1.807, 2.05) is 61.4 Å². The van der Waals surface area contributed by atoms with E-state index >= 15 is 0 Å². The van der Waals surface area contributed by atoms with Crippen molar-refractivity contribution in [3.8, 4) is 44.5 Å². The minimum atomic E-state index is 0.997. The van der Waals surface area contributed by atoms with Gasteiger partial charge >= 0.3 is 0 Å². The second-order valence-electron chi connectivity index (χ2n) is 17.6. The fraction of sp³-hybridized carbons (Fsp3) is 0. The summed E-state index contributed by atoms with van der Waals surface area (Å²) in [5.74, 6) is 0. The van der Waals surface area contributed by atoms with E-state index in [-0.39, 0.29) is 0 Å². The number of para-hydroxylation sites is 2. The van der Waals surface area contributed by atoms with Gasteiger partial charge in [-0.15, -0.1) is 0 Å². The lowest BCUT2D eigenvalue weighted by molar-refractivity contribution is 1.33. The maximum absolute atomic E-state index is 5.09. The van der Waals surface area contributed by atoms with Crippen LogP contribution in [-0.4, -0.2) is 19.9 Å². The fourth-order valence-electron chi connectivity index (χ4n) is 11.8. The summed E-state index contributed by atoms with van der Waals surface area (Å²) in [6.07, 6.45) is 11.5. The molecule has 302 valence electrons. The molecule has 0 fully saturated rings. The molecule has 0 atom stereocenters. The van der Waals surface area contributed by atoms with Gasteiger partial charge in [-0.05, 0) is 134 Å². The van der Waals surface area contributed by atoms with E-state index in [4.69, 9.17) is 9.97 Å². The monoisotopic (exact) mass is 834 g/mol. The van der Waals surface area contributed by atoms with Crippen LogP contribution in [0.15, 0.2) is 207 Å². The van der Waals surface area contributed by atoms with E-state index < -0.39 is 0 Å². The Morgan fingerprint density at radius 2 is 0.682 bits per heavy atom. The van der Waals surface area contributed by atoms with Crippen molar-refractivity contribution in [3.05, 3.63) is 207 Å². The summed E-state index contributed by atoms with van der Waals surface area (Å²) in [5.41, 5.74) is 11.2. The molecule has 0 bridgehead atoms. The quantitative estimate of drug-likeness (QED) is 0.166. The van der Waals surface area contributed by atoms with Crippen molar-refractivity contribution in [2.45, 2.75) is 0 Å². The maximum atomic E-state index is 5.09. The SMILES string of the molecule is c1cncc(-c2ccc(-c3cccnc3)c3c4cc5c(cc6c7c(-c8cccc9cccnc89)c8ccccc8c(-c8cccc9cccnc89)c7c7cccc5c76)c5cccc(c23)c54)c1. The van der Waals surface area contributed by atoms with E-state index in [1.54, 1.807) is 0 Å². The van der Waals surface area contributed by atoms with Gasteiger partial charge in [-0.25, -0.2) is 0 Å². The average Bonchev–Trinajstić information content (AvgIpc) is 3.90. The Hall–Kier alpha value is -8.86. The lowest BCUT2D eigenvalue weighted by Gasteiger charge is -2.18. The lowest BCUT2D eigenvalue weighted by atomic mass is 9.85. The molecule has 11 aromatic carbocycles. The van der Waals surface area contributed by atoms with Crippen LogP contribution in [0.5, 0.6) is 0 Å². The van der Waals surface area contributed by atoms with Crippen LogP contribution in [0, 0.1) is 0 Å². The molecule has 0 aliphatic heterocycles. The third-order valence-electron chi connectivity index (χ3n) is 14.4. The van der Waals surface area contributed by atoms with Gasteiger partial charge in [0.2, 0.25) is 0 Å². The summed E-state index contributed by atoms with van der Waals surface area (Å²) in [4.78, 5) is 19.3.